The second-order valence-corrected chi connectivity index (χ2v) is 9.15. The molecular formula is C27H44N4. The number of nitrogens with zero attached hydrogens (tertiary/aromatic N) is 3. The molecule has 2 aliphatic heterocycles. The van der Waals surface area contributed by atoms with E-state index >= 15 is 0 Å². The Morgan fingerprint density at radius 3 is 1.97 bits per heavy atom. The SMILES string of the molecule is C=C(CC/C(=C/C)N(CCN1C(=C)CC(C)C1=C)CCN1C(=C)C(C)C(C)C1=C)NC. The fraction of sp³-hybridized carbons (Fsp3) is 0.556. The third-order valence-electron chi connectivity index (χ3n) is 7.30. The largest absolute Gasteiger partial charge is 0.392 e. The first-order valence-electron chi connectivity index (χ1n) is 11.7. The van der Waals surface area contributed by atoms with Crippen molar-refractivity contribution >= 4 is 0 Å². The summed E-state index contributed by atoms with van der Waals surface area (Å²) in [5, 5.41) is 3.17. The van der Waals surface area contributed by atoms with Crippen LogP contribution < -0.4 is 5.32 Å². The Morgan fingerprint density at radius 2 is 1.52 bits per heavy atom. The molecule has 0 aliphatic carbocycles. The van der Waals surface area contributed by atoms with Crippen LogP contribution in [0.3, 0.4) is 0 Å². The molecule has 3 unspecified atom stereocenters. The summed E-state index contributed by atoms with van der Waals surface area (Å²) in [5.74, 6) is 1.40. The van der Waals surface area contributed by atoms with Gasteiger partial charge in [0.2, 0.25) is 0 Å². The molecule has 1 N–H and O–H groups in total. The first-order valence-corrected chi connectivity index (χ1v) is 11.7. The average Bonchev–Trinajstić information content (AvgIpc) is 3.10. The minimum Gasteiger partial charge on any atom is -0.392 e. The van der Waals surface area contributed by atoms with E-state index in [9.17, 15) is 0 Å². The Bertz CT molecular complexity index is 739. The summed E-state index contributed by atoms with van der Waals surface area (Å²) in [7, 11) is 1.94. The predicted octanol–water partition coefficient (Wildman–Crippen LogP) is 5.69. The number of rotatable bonds is 11. The quantitative estimate of drug-likeness (QED) is 0.460. The van der Waals surface area contributed by atoms with Gasteiger partial charge < -0.3 is 20.0 Å². The molecule has 0 bridgehead atoms. The number of nitrogens with one attached hydrogen (secondary N) is 1. The molecule has 0 aromatic heterocycles. The van der Waals surface area contributed by atoms with Gasteiger partial charge in [0, 0.05) is 85.2 Å². The summed E-state index contributed by atoms with van der Waals surface area (Å²) < 4.78 is 0. The van der Waals surface area contributed by atoms with Crippen molar-refractivity contribution in [2.75, 3.05) is 33.2 Å². The van der Waals surface area contributed by atoms with E-state index in [-0.39, 0.29) is 0 Å². The van der Waals surface area contributed by atoms with Crippen molar-refractivity contribution in [2.24, 2.45) is 17.8 Å². The lowest BCUT2D eigenvalue weighted by Crippen LogP contribution is -2.37. The maximum Gasteiger partial charge on any atom is 0.0400 e. The van der Waals surface area contributed by atoms with Gasteiger partial charge in [0.05, 0.1) is 0 Å². The first-order chi connectivity index (χ1) is 14.6. The van der Waals surface area contributed by atoms with Crippen LogP contribution in [-0.2, 0) is 0 Å². The highest BCUT2D eigenvalue weighted by atomic mass is 15.3. The van der Waals surface area contributed by atoms with Crippen LogP contribution in [0.15, 0.2) is 73.2 Å². The average molecular weight is 425 g/mol. The molecule has 2 saturated heterocycles. The lowest BCUT2D eigenvalue weighted by molar-refractivity contribution is 0.269. The predicted molar refractivity (Wildman–Crippen MR) is 135 cm³/mol. The van der Waals surface area contributed by atoms with Crippen molar-refractivity contribution < 1.29 is 0 Å². The molecule has 0 saturated carbocycles. The Balaban J connectivity index is 2.10. The Labute approximate surface area is 191 Å². The summed E-state index contributed by atoms with van der Waals surface area (Å²) in [4.78, 5) is 7.16. The third kappa shape index (κ3) is 5.66. The van der Waals surface area contributed by atoms with Crippen LogP contribution in [0.4, 0.5) is 0 Å². The van der Waals surface area contributed by atoms with Gasteiger partial charge in [-0.3, -0.25) is 0 Å². The summed E-state index contributed by atoms with van der Waals surface area (Å²) in [6.07, 6.45) is 5.17. The van der Waals surface area contributed by atoms with E-state index in [1.807, 2.05) is 7.05 Å². The molecular weight excluding hydrogens is 380 g/mol. The summed E-state index contributed by atoms with van der Waals surface area (Å²) in [6.45, 7) is 34.0. The molecule has 0 amide bonds. The van der Waals surface area contributed by atoms with Crippen LogP contribution in [0.5, 0.6) is 0 Å². The van der Waals surface area contributed by atoms with Crippen LogP contribution in [0.1, 0.15) is 47.0 Å². The maximum absolute atomic E-state index is 4.35. The fourth-order valence-electron chi connectivity index (χ4n) is 4.62. The first kappa shape index (κ1) is 24.9. The van der Waals surface area contributed by atoms with E-state index in [1.54, 1.807) is 0 Å². The molecule has 0 aromatic carbocycles. The van der Waals surface area contributed by atoms with Gasteiger partial charge in [-0.1, -0.05) is 59.7 Å². The van der Waals surface area contributed by atoms with Crippen LogP contribution in [0, 0.1) is 17.8 Å². The number of likely N-dealkylation sites (tertiary alicyclic amines) is 2. The Kier molecular flexibility index (Phi) is 8.67. The zero-order valence-corrected chi connectivity index (χ0v) is 20.6. The zero-order valence-electron chi connectivity index (χ0n) is 20.6. The molecule has 2 heterocycles. The van der Waals surface area contributed by atoms with E-state index in [1.165, 1.54) is 28.5 Å². The Hall–Kier alpha value is -2.36. The van der Waals surface area contributed by atoms with Crippen molar-refractivity contribution in [3.63, 3.8) is 0 Å². The normalized spacial score (nSPS) is 24.4. The van der Waals surface area contributed by atoms with Gasteiger partial charge >= 0.3 is 0 Å². The van der Waals surface area contributed by atoms with Gasteiger partial charge in [0.25, 0.3) is 0 Å². The fourth-order valence-corrected chi connectivity index (χ4v) is 4.62. The summed E-state index contributed by atoms with van der Waals surface area (Å²) in [6, 6.07) is 0. The highest BCUT2D eigenvalue weighted by Crippen LogP contribution is 2.38. The van der Waals surface area contributed by atoms with Crippen molar-refractivity contribution in [2.45, 2.75) is 47.0 Å². The van der Waals surface area contributed by atoms with Crippen molar-refractivity contribution in [1.82, 2.24) is 20.0 Å². The van der Waals surface area contributed by atoms with Crippen LogP contribution in [0.25, 0.3) is 0 Å². The molecule has 4 heteroatoms. The molecule has 172 valence electrons. The lowest BCUT2D eigenvalue weighted by atomic mass is 9.97. The monoisotopic (exact) mass is 424 g/mol. The van der Waals surface area contributed by atoms with Gasteiger partial charge in [-0.2, -0.15) is 0 Å². The topological polar surface area (TPSA) is 21.8 Å². The molecule has 4 nitrogen and oxygen atoms in total. The standard InChI is InChI=1S/C27H44N4/c1-11-27(13-12-20(3)28-10)29(14-16-30-21(4)18-19(2)24(30)7)15-17-31-25(8)22(5)23(6)26(31)9/h11,19,22-23,28H,3-4,7-9,12-18H2,1-2,5-6,10H3/b27-11-. The number of allylic oxidation sites excluding steroid dienone is 7. The van der Waals surface area contributed by atoms with Gasteiger partial charge in [-0.15, -0.1) is 0 Å². The minimum atomic E-state index is 0.457. The van der Waals surface area contributed by atoms with Gasteiger partial charge in [0.15, 0.2) is 0 Å². The van der Waals surface area contributed by atoms with Crippen molar-refractivity contribution in [3.05, 3.63) is 73.2 Å². The molecule has 2 aliphatic rings. The smallest absolute Gasteiger partial charge is 0.0400 e. The molecule has 0 spiro atoms. The minimum absolute atomic E-state index is 0.457. The van der Waals surface area contributed by atoms with Crippen LogP contribution in [0.2, 0.25) is 0 Å². The van der Waals surface area contributed by atoms with Crippen LogP contribution >= 0.6 is 0 Å². The molecule has 2 rings (SSSR count). The van der Waals surface area contributed by atoms with Gasteiger partial charge in [-0.25, -0.2) is 0 Å². The van der Waals surface area contributed by atoms with E-state index in [0.717, 1.165) is 51.1 Å². The zero-order chi connectivity index (χ0) is 23.3. The molecule has 0 radical (unpaired) electrons. The van der Waals surface area contributed by atoms with E-state index in [0.29, 0.717) is 17.8 Å². The Morgan fingerprint density at radius 1 is 0.968 bits per heavy atom. The van der Waals surface area contributed by atoms with Crippen molar-refractivity contribution in [1.29, 1.82) is 0 Å². The molecule has 2 fully saturated rings. The highest BCUT2D eigenvalue weighted by molar-refractivity contribution is 5.23. The summed E-state index contributed by atoms with van der Waals surface area (Å²) >= 11 is 0. The molecule has 31 heavy (non-hydrogen) atoms. The molecule has 0 aromatic rings. The highest BCUT2D eigenvalue weighted by Gasteiger charge is 2.33. The van der Waals surface area contributed by atoms with E-state index in [2.05, 4.69) is 86.7 Å². The van der Waals surface area contributed by atoms with Crippen LogP contribution in [-0.4, -0.2) is 47.9 Å². The second kappa shape index (κ2) is 10.8. The van der Waals surface area contributed by atoms with Crippen molar-refractivity contribution in [3.8, 4) is 0 Å². The molecule has 3 atom stereocenters. The van der Waals surface area contributed by atoms with Gasteiger partial charge in [-0.05, 0) is 26.2 Å². The number of hydrogen-bond donors (Lipinski definition) is 1. The van der Waals surface area contributed by atoms with E-state index < -0.39 is 0 Å². The van der Waals surface area contributed by atoms with E-state index in [4.69, 9.17) is 0 Å². The maximum atomic E-state index is 4.35. The summed E-state index contributed by atoms with van der Waals surface area (Å²) in [5.41, 5.74) is 7.19. The van der Waals surface area contributed by atoms with Gasteiger partial charge in [0.1, 0.15) is 0 Å². The lowest BCUT2D eigenvalue weighted by Gasteiger charge is -2.33. The second-order valence-electron chi connectivity index (χ2n) is 9.15. The third-order valence-corrected chi connectivity index (χ3v) is 7.30. The number of hydrogen-bond acceptors (Lipinski definition) is 4.